The molecule has 0 aromatic heterocycles. The molecule has 1 aliphatic heterocycles. The van der Waals surface area contributed by atoms with E-state index in [9.17, 15) is 9.59 Å². The first-order valence-electron chi connectivity index (χ1n) is 5.87. The Morgan fingerprint density at radius 1 is 1.06 bits per heavy atom. The summed E-state index contributed by atoms with van der Waals surface area (Å²) in [5.41, 5.74) is 0. The van der Waals surface area contributed by atoms with Gasteiger partial charge in [0.25, 0.3) is 11.8 Å². The molecule has 0 atom stereocenters. The van der Waals surface area contributed by atoms with E-state index in [4.69, 9.17) is 4.74 Å². The highest BCUT2D eigenvalue weighted by molar-refractivity contribution is 6.12. The first kappa shape index (κ1) is 12.9. The van der Waals surface area contributed by atoms with Crippen LogP contribution in [0.3, 0.4) is 0 Å². The van der Waals surface area contributed by atoms with Crippen LogP contribution in [0.2, 0.25) is 0 Å². The lowest BCUT2D eigenvalue weighted by molar-refractivity contribution is -0.136. The van der Waals surface area contributed by atoms with Crippen LogP contribution in [0.25, 0.3) is 0 Å². The number of amides is 2. The molecule has 4 heteroatoms. The van der Waals surface area contributed by atoms with Gasteiger partial charge in [-0.25, -0.2) is 0 Å². The van der Waals surface area contributed by atoms with Crippen LogP contribution in [0.1, 0.15) is 32.6 Å². The predicted molar refractivity (Wildman–Crippen MR) is 60.8 cm³/mol. The van der Waals surface area contributed by atoms with E-state index in [1.54, 1.807) is 0 Å². The number of ether oxygens (including phenoxy) is 1. The molecule has 0 radical (unpaired) electrons. The number of imide groups is 1. The summed E-state index contributed by atoms with van der Waals surface area (Å²) in [5, 5.41) is 0. The van der Waals surface area contributed by atoms with Crippen molar-refractivity contribution in [3.05, 3.63) is 12.2 Å². The lowest BCUT2D eigenvalue weighted by Crippen LogP contribution is -2.30. The third-order valence-electron chi connectivity index (χ3n) is 2.53. The maximum atomic E-state index is 11.2. The van der Waals surface area contributed by atoms with Crippen LogP contribution in [0.5, 0.6) is 0 Å². The Hall–Kier alpha value is -1.16. The van der Waals surface area contributed by atoms with Crippen LogP contribution >= 0.6 is 0 Å². The van der Waals surface area contributed by atoms with Gasteiger partial charge >= 0.3 is 0 Å². The van der Waals surface area contributed by atoms with Crippen molar-refractivity contribution < 1.29 is 14.3 Å². The third-order valence-corrected chi connectivity index (χ3v) is 2.53. The molecule has 1 heterocycles. The molecule has 16 heavy (non-hydrogen) atoms. The van der Waals surface area contributed by atoms with Crippen molar-refractivity contribution in [1.82, 2.24) is 4.90 Å². The second kappa shape index (κ2) is 7.17. The minimum atomic E-state index is -0.181. The maximum absolute atomic E-state index is 11.2. The molecular formula is C12H19NO3. The number of unbranched alkanes of at least 4 members (excludes halogenated alkanes) is 3. The summed E-state index contributed by atoms with van der Waals surface area (Å²) < 4.78 is 5.22. The molecule has 0 saturated heterocycles. The van der Waals surface area contributed by atoms with Crippen molar-refractivity contribution >= 4 is 11.8 Å². The van der Waals surface area contributed by atoms with Crippen LogP contribution in [0, 0.1) is 0 Å². The second-order valence-electron chi connectivity index (χ2n) is 3.77. The molecular weight excluding hydrogens is 206 g/mol. The summed E-state index contributed by atoms with van der Waals surface area (Å²) in [4.78, 5) is 23.7. The predicted octanol–water partition coefficient (Wildman–Crippen LogP) is 1.51. The Balaban J connectivity index is 1.99. The highest BCUT2D eigenvalue weighted by Crippen LogP contribution is 2.07. The van der Waals surface area contributed by atoms with Gasteiger partial charge in [0.15, 0.2) is 0 Å². The van der Waals surface area contributed by atoms with E-state index in [0.717, 1.165) is 38.9 Å². The van der Waals surface area contributed by atoms with Crippen LogP contribution < -0.4 is 0 Å². The van der Waals surface area contributed by atoms with Gasteiger partial charge in [-0.05, 0) is 19.8 Å². The molecule has 90 valence electrons. The SMILES string of the molecule is CCOCCCCCCN1C(=O)C=CC1=O. The van der Waals surface area contributed by atoms with E-state index < -0.39 is 0 Å². The number of carbonyl (C=O) groups is 2. The molecule has 0 aromatic rings. The zero-order valence-corrected chi connectivity index (χ0v) is 9.78. The molecule has 0 fully saturated rings. The summed E-state index contributed by atoms with van der Waals surface area (Å²) in [5.74, 6) is -0.362. The fourth-order valence-corrected chi connectivity index (χ4v) is 1.62. The number of hydrogen-bond acceptors (Lipinski definition) is 3. The molecule has 0 aromatic carbocycles. The highest BCUT2D eigenvalue weighted by atomic mass is 16.5. The minimum absolute atomic E-state index is 0.181. The number of rotatable bonds is 8. The van der Waals surface area contributed by atoms with Gasteiger partial charge in [0.05, 0.1) is 0 Å². The van der Waals surface area contributed by atoms with Gasteiger partial charge in [0.1, 0.15) is 0 Å². The smallest absolute Gasteiger partial charge is 0.253 e. The Morgan fingerprint density at radius 3 is 2.31 bits per heavy atom. The average Bonchev–Trinajstić information content (AvgIpc) is 2.59. The van der Waals surface area contributed by atoms with Crippen molar-refractivity contribution in [2.24, 2.45) is 0 Å². The molecule has 0 unspecified atom stereocenters. The third kappa shape index (κ3) is 4.14. The first-order valence-corrected chi connectivity index (χ1v) is 5.87. The van der Waals surface area contributed by atoms with Gasteiger partial charge in [-0.3, -0.25) is 14.5 Å². The lowest BCUT2D eigenvalue weighted by atomic mass is 10.2. The van der Waals surface area contributed by atoms with Gasteiger partial charge in [0, 0.05) is 31.9 Å². The summed E-state index contributed by atoms with van der Waals surface area (Å²) in [6.07, 6.45) is 6.71. The molecule has 0 spiro atoms. The van der Waals surface area contributed by atoms with E-state index in [0.29, 0.717) is 6.54 Å². The summed E-state index contributed by atoms with van der Waals surface area (Å²) in [7, 11) is 0. The second-order valence-corrected chi connectivity index (χ2v) is 3.77. The maximum Gasteiger partial charge on any atom is 0.253 e. The van der Waals surface area contributed by atoms with Crippen molar-refractivity contribution in [1.29, 1.82) is 0 Å². The van der Waals surface area contributed by atoms with Crippen LogP contribution in [0.4, 0.5) is 0 Å². The fraction of sp³-hybridized carbons (Fsp3) is 0.667. The van der Waals surface area contributed by atoms with E-state index >= 15 is 0 Å². The number of carbonyl (C=O) groups excluding carboxylic acids is 2. The van der Waals surface area contributed by atoms with Gasteiger partial charge in [-0.1, -0.05) is 12.8 Å². The van der Waals surface area contributed by atoms with Gasteiger partial charge < -0.3 is 4.74 Å². The Bertz CT molecular complexity index is 255. The average molecular weight is 225 g/mol. The quantitative estimate of drug-likeness (QED) is 0.464. The Kier molecular flexibility index (Phi) is 5.78. The number of nitrogens with zero attached hydrogens (tertiary/aromatic N) is 1. The lowest BCUT2D eigenvalue weighted by Gasteiger charge is -2.12. The molecule has 4 nitrogen and oxygen atoms in total. The van der Waals surface area contributed by atoms with Crippen LogP contribution in [-0.2, 0) is 14.3 Å². The van der Waals surface area contributed by atoms with Gasteiger partial charge in [-0.15, -0.1) is 0 Å². The van der Waals surface area contributed by atoms with Crippen molar-refractivity contribution in [2.45, 2.75) is 32.6 Å². The van der Waals surface area contributed by atoms with E-state index in [1.807, 2.05) is 6.92 Å². The minimum Gasteiger partial charge on any atom is -0.382 e. The zero-order valence-electron chi connectivity index (χ0n) is 9.78. The molecule has 2 amide bonds. The normalized spacial score (nSPS) is 15.2. The largest absolute Gasteiger partial charge is 0.382 e. The topological polar surface area (TPSA) is 46.6 Å². The standard InChI is InChI=1S/C12H19NO3/c1-2-16-10-6-4-3-5-9-13-11(14)7-8-12(13)15/h7-8H,2-6,9-10H2,1H3. The summed E-state index contributed by atoms with van der Waals surface area (Å²) in [6, 6.07) is 0. The van der Waals surface area contributed by atoms with Gasteiger partial charge in [-0.2, -0.15) is 0 Å². The molecule has 0 N–H and O–H groups in total. The van der Waals surface area contributed by atoms with Gasteiger partial charge in [0.2, 0.25) is 0 Å². The van der Waals surface area contributed by atoms with Crippen LogP contribution in [0.15, 0.2) is 12.2 Å². The zero-order chi connectivity index (χ0) is 11.8. The fourth-order valence-electron chi connectivity index (χ4n) is 1.62. The molecule has 0 bridgehead atoms. The summed E-state index contributed by atoms with van der Waals surface area (Å²) >= 11 is 0. The highest BCUT2D eigenvalue weighted by Gasteiger charge is 2.21. The Morgan fingerprint density at radius 2 is 1.69 bits per heavy atom. The number of hydrogen-bond donors (Lipinski definition) is 0. The monoisotopic (exact) mass is 225 g/mol. The van der Waals surface area contributed by atoms with E-state index in [1.165, 1.54) is 17.1 Å². The molecule has 1 rings (SSSR count). The first-order chi connectivity index (χ1) is 7.75. The summed E-state index contributed by atoms with van der Waals surface area (Å²) in [6.45, 7) is 4.10. The Labute approximate surface area is 96.3 Å². The van der Waals surface area contributed by atoms with E-state index in [2.05, 4.69) is 0 Å². The molecule has 1 aliphatic rings. The van der Waals surface area contributed by atoms with Crippen molar-refractivity contribution in [2.75, 3.05) is 19.8 Å². The van der Waals surface area contributed by atoms with E-state index in [-0.39, 0.29) is 11.8 Å². The van der Waals surface area contributed by atoms with Crippen LogP contribution in [-0.4, -0.2) is 36.5 Å². The molecule has 0 saturated carbocycles. The van der Waals surface area contributed by atoms with Crippen molar-refractivity contribution in [3.8, 4) is 0 Å². The molecule has 0 aliphatic carbocycles. The van der Waals surface area contributed by atoms with Crippen molar-refractivity contribution in [3.63, 3.8) is 0 Å².